The lowest BCUT2D eigenvalue weighted by Gasteiger charge is -2.14. The van der Waals surface area contributed by atoms with Gasteiger partial charge in [-0.25, -0.2) is 0 Å². The number of hydrogen-bond donors (Lipinski definition) is 1. The van der Waals surface area contributed by atoms with Gasteiger partial charge >= 0.3 is 0 Å². The van der Waals surface area contributed by atoms with Crippen LogP contribution in [0.3, 0.4) is 0 Å². The van der Waals surface area contributed by atoms with E-state index in [0.717, 1.165) is 5.56 Å². The Morgan fingerprint density at radius 1 is 1.22 bits per heavy atom. The van der Waals surface area contributed by atoms with E-state index >= 15 is 0 Å². The Morgan fingerprint density at radius 3 is 2.52 bits per heavy atom. The summed E-state index contributed by atoms with van der Waals surface area (Å²) in [5, 5.41) is 15.5. The monoisotopic (exact) mass is 362 g/mol. The Hall–Kier alpha value is -3.66. The number of amides is 1. The molecule has 1 aromatic heterocycles. The van der Waals surface area contributed by atoms with Crippen LogP contribution in [-0.4, -0.2) is 16.0 Å². The molecule has 27 heavy (non-hydrogen) atoms. The number of aryl methyl sites for hydroxylation is 1. The lowest BCUT2D eigenvalue weighted by Crippen LogP contribution is -2.26. The highest BCUT2D eigenvalue weighted by Crippen LogP contribution is 2.16. The minimum Gasteiger partial charge on any atom is -0.485 e. The zero-order valence-electron chi connectivity index (χ0n) is 15.0. The van der Waals surface area contributed by atoms with Gasteiger partial charge in [0.2, 0.25) is 11.7 Å². The van der Waals surface area contributed by atoms with Gasteiger partial charge in [0.15, 0.2) is 6.61 Å². The van der Waals surface area contributed by atoms with Crippen LogP contribution in [0.2, 0.25) is 0 Å². The van der Waals surface area contributed by atoms with Crippen LogP contribution in [-0.2, 0) is 6.61 Å². The standard InChI is InChI=1S/C20H18N4O3/c1-13(16-5-3-15(11-21)4-6-16)22-20(25)17-7-9-18(10-8-17)26-12-19-23-14(2)27-24-19/h3-10,13H,12H2,1-2H3,(H,22,25). The van der Waals surface area contributed by atoms with E-state index in [1.165, 1.54) is 0 Å². The molecular weight excluding hydrogens is 344 g/mol. The van der Waals surface area contributed by atoms with Gasteiger partial charge in [0, 0.05) is 12.5 Å². The molecule has 0 saturated heterocycles. The van der Waals surface area contributed by atoms with Crippen molar-refractivity contribution in [2.75, 3.05) is 0 Å². The third kappa shape index (κ3) is 4.70. The highest BCUT2D eigenvalue weighted by Gasteiger charge is 2.12. The largest absolute Gasteiger partial charge is 0.485 e. The number of nitrogens with one attached hydrogen (secondary N) is 1. The summed E-state index contributed by atoms with van der Waals surface area (Å²) in [4.78, 5) is 16.5. The molecule has 0 bridgehead atoms. The summed E-state index contributed by atoms with van der Waals surface area (Å²) in [6.45, 7) is 3.80. The molecule has 0 aliphatic heterocycles. The first kappa shape index (κ1) is 18.1. The summed E-state index contributed by atoms with van der Waals surface area (Å²) in [7, 11) is 0. The van der Waals surface area contributed by atoms with Crippen LogP contribution < -0.4 is 10.1 Å². The molecule has 0 aliphatic rings. The maximum absolute atomic E-state index is 12.4. The zero-order chi connectivity index (χ0) is 19.2. The predicted molar refractivity (Wildman–Crippen MR) is 96.8 cm³/mol. The van der Waals surface area contributed by atoms with E-state index in [0.29, 0.717) is 28.6 Å². The van der Waals surface area contributed by atoms with Gasteiger partial charge in [-0.3, -0.25) is 4.79 Å². The van der Waals surface area contributed by atoms with E-state index in [2.05, 4.69) is 21.5 Å². The molecule has 1 atom stereocenters. The molecular formula is C20H18N4O3. The molecule has 7 nitrogen and oxygen atoms in total. The smallest absolute Gasteiger partial charge is 0.251 e. The van der Waals surface area contributed by atoms with E-state index in [1.54, 1.807) is 43.3 Å². The summed E-state index contributed by atoms with van der Waals surface area (Å²) in [5.74, 6) is 1.36. The number of carbonyl (C=O) groups excluding carboxylic acids is 1. The fraction of sp³-hybridized carbons (Fsp3) is 0.200. The molecule has 2 aromatic carbocycles. The molecule has 3 rings (SSSR count). The molecule has 0 saturated carbocycles. The Balaban J connectivity index is 1.57. The van der Waals surface area contributed by atoms with E-state index in [-0.39, 0.29) is 18.6 Å². The van der Waals surface area contributed by atoms with Crippen LogP contribution in [0.25, 0.3) is 0 Å². The predicted octanol–water partition coefficient (Wildman–Crippen LogP) is 3.32. The van der Waals surface area contributed by atoms with E-state index in [1.807, 2.05) is 19.1 Å². The third-order valence-corrected chi connectivity index (χ3v) is 3.94. The van der Waals surface area contributed by atoms with Crippen molar-refractivity contribution in [3.63, 3.8) is 0 Å². The molecule has 0 fully saturated rings. The van der Waals surface area contributed by atoms with Gasteiger partial charge in [-0.05, 0) is 48.9 Å². The lowest BCUT2D eigenvalue weighted by atomic mass is 10.1. The van der Waals surface area contributed by atoms with Crippen LogP contribution in [0, 0.1) is 18.3 Å². The van der Waals surface area contributed by atoms with E-state index in [4.69, 9.17) is 14.5 Å². The van der Waals surface area contributed by atoms with E-state index < -0.39 is 0 Å². The quantitative estimate of drug-likeness (QED) is 0.722. The maximum atomic E-state index is 12.4. The van der Waals surface area contributed by atoms with Crippen LogP contribution in [0.4, 0.5) is 0 Å². The number of benzene rings is 2. The number of rotatable bonds is 6. The van der Waals surface area contributed by atoms with Crippen LogP contribution >= 0.6 is 0 Å². The number of nitrogens with zero attached hydrogens (tertiary/aromatic N) is 3. The number of nitriles is 1. The number of hydrogen-bond acceptors (Lipinski definition) is 6. The van der Waals surface area contributed by atoms with Crippen molar-refractivity contribution in [2.45, 2.75) is 26.5 Å². The van der Waals surface area contributed by atoms with Gasteiger partial charge in [0.25, 0.3) is 5.91 Å². The fourth-order valence-electron chi connectivity index (χ4n) is 2.46. The van der Waals surface area contributed by atoms with Crippen molar-refractivity contribution < 1.29 is 14.1 Å². The lowest BCUT2D eigenvalue weighted by molar-refractivity contribution is 0.0940. The van der Waals surface area contributed by atoms with Crippen molar-refractivity contribution >= 4 is 5.91 Å². The van der Waals surface area contributed by atoms with Gasteiger partial charge in [-0.15, -0.1) is 0 Å². The molecule has 3 aromatic rings. The van der Waals surface area contributed by atoms with Gasteiger partial charge in [0.1, 0.15) is 5.75 Å². The summed E-state index contributed by atoms with van der Waals surface area (Å²) >= 11 is 0. The number of carbonyl (C=O) groups is 1. The molecule has 1 amide bonds. The number of aromatic nitrogens is 2. The van der Waals surface area contributed by atoms with Gasteiger partial charge < -0.3 is 14.6 Å². The molecule has 1 N–H and O–H groups in total. The SMILES string of the molecule is Cc1nc(COc2ccc(C(=O)NC(C)c3ccc(C#N)cc3)cc2)no1. The topological polar surface area (TPSA) is 101 Å². The Labute approximate surface area is 156 Å². The maximum Gasteiger partial charge on any atom is 0.251 e. The van der Waals surface area contributed by atoms with Gasteiger partial charge in [-0.2, -0.15) is 10.2 Å². The summed E-state index contributed by atoms with van der Waals surface area (Å²) in [5.41, 5.74) is 2.04. The van der Waals surface area contributed by atoms with Gasteiger partial charge in [0.05, 0.1) is 17.7 Å². The molecule has 136 valence electrons. The van der Waals surface area contributed by atoms with Crippen molar-refractivity contribution in [1.82, 2.24) is 15.5 Å². The Kier molecular flexibility index (Phi) is 5.47. The van der Waals surface area contributed by atoms with E-state index in [9.17, 15) is 4.79 Å². The first-order chi connectivity index (χ1) is 13.0. The fourth-order valence-corrected chi connectivity index (χ4v) is 2.46. The average molecular weight is 362 g/mol. The molecule has 0 radical (unpaired) electrons. The van der Waals surface area contributed by atoms with Crippen molar-refractivity contribution in [3.05, 3.63) is 76.9 Å². The summed E-state index contributed by atoms with van der Waals surface area (Å²) in [6.07, 6.45) is 0. The Morgan fingerprint density at radius 2 is 1.93 bits per heavy atom. The molecule has 1 unspecified atom stereocenters. The summed E-state index contributed by atoms with van der Waals surface area (Å²) in [6, 6.07) is 15.8. The highest BCUT2D eigenvalue weighted by molar-refractivity contribution is 5.94. The van der Waals surface area contributed by atoms with Gasteiger partial charge in [-0.1, -0.05) is 17.3 Å². The molecule has 0 spiro atoms. The average Bonchev–Trinajstić information content (AvgIpc) is 3.12. The van der Waals surface area contributed by atoms with Crippen molar-refractivity contribution in [3.8, 4) is 11.8 Å². The van der Waals surface area contributed by atoms with Crippen LogP contribution in [0.1, 0.15) is 46.2 Å². The molecule has 1 heterocycles. The first-order valence-corrected chi connectivity index (χ1v) is 8.38. The van der Waals surface area contributed by atoms with Crippen LogP contribution in [0.15, 0.2) is 53.1 Å². The molecule has 0 aliphatic carbocycles. The zero-order valence-corrected chi connectivity index (χ0v) is 15.0. The minimum absolute atomic E-state index is 0.178. The molecule has 7 heteroatoms. The summed E-state index contributed by atoms with van der Waals surface area (Å²) < 4.78 is 10.4. The minimum atomic E-state index is -0.188. The highest BCUT2D eigenvalue weighted by atomic mass is 16.5. The second kappa shape index (κ2) is 8.15. The normalized spacial score (nSPS) is 11.4. The second-order valence-corrected chi connectivity index (χ2v) is 5.97. The third-order valence-electron chi connectivity index (χ3n) is 3.94. The van der Waals surface area contributed by atoms with Crippen LogP contribution in [0.5, 0.6) is 5.75 Å². The number of ether oxygens (including phenoxy) is 1. The van der Waals surface area contributed by atoms with Crippen molar-refractivity contribution in [2.24, 2.45) is 0 Å². The first-order valence-electron chi connectivity index (χ1n) is 8.38. The second-order valence-electron chi connectivity index (χ2n) is 5.97. The Bertz CT molecular complexity index is 956. The van der Waals surface area contributed by atoms with Crippen molar-refractivity contribution in [1.29, 1.82) is 5.26 Å².